The van der Waals surface area contributed by atoms with Crippen molar-refractivity contribution < 1.29 is 5.11 Å². The molecule has 0 unspecified atom stereocenters. The first-order valence-corrected chi connectivity index (χ1v) is 2.98. The van der Waals surface area contributed by atoms with Crippen LogP contribution in [0.25, 0.3) is 0 Å². The van der Waals surface area contributed by atoms with Gasteiger partial charge in [0, 0.05) is 0 Å². The van der Waals surface area contributed by atoms with E-state index in [9.17, 15) is 0 Å². The summed E-state index contributed by atoms with van der Waals surface area (Å²) in [5, 5.41) is 11.9. The fourth-order valence-electron chi connectivity index (χ4n) is 0.896. The fourth-order valence-corrected chi connectivity index (χ4v) is 0.896. The molecule has 0 radical (unpaired) electrons. The molecule has 0 aromatic heterocycles. The molecule has 0 amide bonds. The average molecular weight is 116 g/mol. The van der Waals surface area contributed by atoms with Crippen molar-refractivity contribution >= 4 is 0 Å². The summed E-state index contributed by atoms with van der Waals surface area (Å²) in [6, 6.07) is 0. The Balaban J connectivity index is 2.28. The zero-order chi connectivity index (χ0) is 5.98. The minimum Gasteiger partial charge on any atom is -0.390 e. The first-order chi connectivity index (χ1) is 3.80. The summed E-state index contributed by atoms with van der Waals surface area (Å²) in [5.41, 5.74) is 5.42. The molecule has 0 bridgehead atoms. The molecule has 1 fully saturated rings. The lowest BCUT2D eigenvalue weighted by Crippen LogP contribution is -2.50. The van der Waals surface area contributed by atoms with Crippen molar-refractivity contribution in [1.29, 1.82) is 0 Å². The molecule has 0 saturated carbocycles. The van der Waals surface area contributed by atoms with Crippen LogP contribution in [0.4, 0.5) is 0 Å². The molecule has 48 valence electrons. The van der Waals surface area contributed by atoms with Gasteiger partial charge in [-0.15, -0.1) is 0 Å². The van der Waals surface area contributed by atoms with E-state index >= 15 is 0 Å². The minimum atomic E-state index is -0.330. The highest BCUT2D eigenvalue weighted by Crippen LogP contribution is 2.02. The summed E-state index contributed by atoms with van der Waals surface area (Å²) >= 11 is 0. The number of nitrogens with one attached hydrogen (secondary N) is 1. The maximum Gasteiger partial charge on any atom is 0.0823 e. The lowest BCUT2D eigenvalue weighted by atomic mass is 10.1. The number of nitrogens with two attached hydrogens (primary N) is 1. The maximum atomic E-state index is 8.99. The summed E-state index contributed by atoms with van der Waals surface area (Å²) in [5.74, 6) is 0. The predicted molar refractivity (Wildman–Crippen MR) is 31.2 cm³/mol. The third-order valence-electron chi connectivity index (χ3n) is 1.47. The largest absolute Gasteiger partial charge is 0.390 e. The van der Waals surface area contributed by atoms with E-state index in [2.05, 4.69) is 5.32 Å². The van der Waals surface area contributed by atoms with Gasteiger partial charge in [-0.3, -0.25) is 5.32 Å². The topological polar surface area (TPSA) is 58.3 Å². The Morgan fingerprint density at radius 3 is 2.75 bits per heavy atom. The first-order valence-electron chi connectivity index (χ1n) is 2.98. The van der Waals surface area contributed by atoms with Gasteiger partial charge in [-0.1, -0.05) is 0 Å². The van der Waals surface area contributed by atoms with Crippen LogP contribution in [0.1, 0.15) is 12.8 Å². The standard InChI is InChI=1S/C5H12N2O/c6-5-4(8)2-1-3-7-5/h4-5,7-8H,1-3,6H2/t4-,5+/m1/s1. The number of hydrogen-bond acceptors (Lipinski definition) is 3. The van der Waals surface area contributed by atoms with Gasteiger partial charge in [0.25, 0.3) is 0 Å². The number of rotatable bonds is 0. The summed E-state index contributed by atoms with van der Waals surface area (Å²) < 4.78 is 0. The normalized spacial score (nSPS) is 39.8. The van der Waals surface area contributed by atoms with E-state index in [0.717, 1.165) is 19.4 Å². The van der Waals surface area contributed by atoms with Crippen molar-refractivity contribution in [3.05, 3.63) is 0 Å². The van der Waals surface area contributed by atoms with Crippen LogP contribution in [0.5, 0.6) is 0 Å². The Hall–Kier alpha value is -0.120. The fraction of sp³-hybridized carbons (Fsp3) is 1.00. The lowest BCUT2D eigenvalue weighted by Gasteiger charge is -2.24. The molecule has 1 saturated heterocycles. The second kappa shape index (κ2) is 2.44. The van der Waals surface area contributed by atoms with Crippen molar-refractivity contribution in [2.24, 2.45) is 5.73 Å². The number of aliphatic hydroxyl groups excluding tert-OH is 1. The zero-order valence-electron chi connectivity index (χ0n) is 4.80. The van der Waals surface area contributed by atoms with Gasteiger partial charge >= 0.3 is 0 Å². The van der Waals surface area contributed by atoms with Crippen LogP contribution in [0.2, 0.25) is 0 Å². The summed E-state index contributed by atoms with van der Waals surface area (Å²) in [7, 11) is 0. The summed E-state index contributed by atoms with van der Waals surface area (Å²) in [6.07, 6.45) is 1.36. The lowest BCUT2D eigenvalue weighted by molar-refractivity contribution is 0.0991. The van der Waals surface area contributed by atoms with Crippen LogP contribution in [-0.4, -0.2) is 23.9 Å². The van der Waals surface area contributed by atoms with Crippen LogP contribution in [0, 0.1) is 0 Å². The highest BCUT2D eigenvalue weighted by molar-refractivity contribution is 4.74. The molecule has 1 rings (SSSR count). The van der Waals surface area contributed by atoms with E-state index < -0.39 is 0 Å². The smallest absolute Gasteiger partial charge is 0.0823 e. The summed E-state index contributed by atoms with van der Waals surface area (Å²) in [6.45, 7) is 0.943. The Morgan fingerprint density at radius 2 is 2.38 bits per heavy atom. The van der Waals surface area contributed by atoms with Gasteiger partial charge in [-0.25, -0.2) is 0 Å². The molecule has 0 aliphatic carbocycles. The van der Waals surface area contributed by atoms with Gasteiger partial charge < -0.3 is 10.8 Å². The van der Waals surface area contributed by atoms with Crippen LogP contribution < -0.4 is 11.1 Å². The molecule has 1 aliphatic rings. The molecule has 0 spiro atoms. The van der Waals surface area contributed by atoms with E-state index in [1.807, 2.05) is 0 Å². The Labute approximate surface area is 48.9 Å². The third kappa shape index (κ3) is 1.18. The van der Waals surface area contributed by atoms with Gasteiger partial charge in [0.2, 0.25) is 0 Å². The first kappa shape index (κ1) is 6.01. The third-order valence-corrected chi connectivity index (χ3v) is 1.47. The number of piperidine rings is 1. The van der Waals surface area contributed by atoms with Crippen molar-refractivity contribution in [2.75, 3.05) is 6.54 Å². The zero-order valence-corrected chi connectivity index (χ0v) is 4.80. The highest BCUT2D eigenvalue weighted by Gasteiger charge is 2.17. The molecule has 1 heterocycles. The Kier molecular flexibility index (Phi) is 1.83. The molecule has 3 heteroatoms. The van der Waals surface area contributed by atoms with E-state index in [0.29, 0.717) is 0 Å². The Morgan fingerprint density at radius 1 is 1.62 bits per heavy atom. The maximum absolute atomic E-state index is 8.99. The number of aliphatic hydroxyl groups is 1. The molecule has 1 aliphatic heterocycles. The molecular formula is C5H12N2O. The predicted octanol–water partition coefficient (Wildman–Crippen LogP) is -0.985. The van der Waals surface area contributed by atoms with Gasteiger partial charge in [0.15, 0.2) is 0 Å². The molecule has 2 atom stereocenters. The van der Waals surface area contributed by atoms with Crippen LogP contribution >= 0.6 is 0 Å². The Bertz CT molecular complexity index is 66.8. The second-order valence-electron chi connectivity index (χ2n) is 2.19. The SMILES string of the molecule is N[C@H]1NCCC[C@H]1O. The summed E-state index contributed by atoms with van der Waals surface area (Å²) in [4.78, 5) is 0. The van der Waals surface area contributed by atoms with Crippen molar-refractivity contribution in [3.8, 4) is 0 Å². The molecular weight excluding hydrogens is 104 g/mol. The molecule has 0 aromatic rings. The van der Waals surface area contributed by atoms with Crippen molar-refractivity contribution in [2.45, 2.75) is 25.1 Å². The molecule has 3 nitrogen and oxygen atoms in total. The van der Waals surface area contributed by atoms with Gasteiger partial charge in [0.1, 0.15) is 0 Å². The number of hydrogen-bond donors (Lipinski definition) is 3. The average Bonchev–Trinajstić information content (AvgIpc) is 1.77. The van der Waals surface area contributed by atoms with E-state index in [1.165, 1.54) is 0 Å². The van der Waals surface area contributed by atoms with E-state index in [1.54, 1.807) is 0 Å². The van der Waals surface area contributed by atoms with Gasteiger partial charge in [-0.2, -0.15) is 0 Å². The van der Waals surface area contributed by atoms with Gasteiger partial charge in [-0.05, 0) is 19.4 Å². The van der Waals surface area contributed by atoms with Crippen LogP contribution in [-0.2, 0) is 0 Å². The van der Waals surface area contributed by atoms with Crippen molar-refractivity contribution in [1.82, 2.24) is 5.32 Å². The highest BCUT2D eigenvalue weighted by atomic mass is 16.3. The van der Waals surface area contributed by atoms with Crippen LogP contribution in [0.3, 0.4) is 0 Å². The minimum absolute atomic E-state index is 0.191. The molecule has 8 heavy (non-hydrogen) atoms. The van der Waals surface area contributed by atoms with E-state index in [-0.39, 0.29) is 12.3 Å². The molecule has 0 aromatic carbocycles. The second-order valence-corrected chi connectivity index (χ2v) is 2.19. The monoisotopic (exact) mass is 116 g/mol. The quantitative estimate of drug-likeness (QED) is 0.381. The molecule has 4 N–H and O–H groups in total. The van der Waals surface area contributed by atoms with Gasteiger partial charge in [0.05, 0.1) is 12.3 Å². The van der Waals surface area contributed by atoms with E-state index in [4.69, 9.17) is 10.8 Å². The van der Waals surface area contributed by atoms with Crippen molar-refractivity contribution in [3.63, 3.8) is 0 Å². The van der Waals surface area contributed by atoms with Crippen LogP contribution in [0.15, 0.2) is 0 Å².